The first-order chi connectivity index (χ1) is 12.1. The highest BCUT2D eigenvalue weighted by atomic mass is 16.5. The molecular formula is C19H22N2O4. The van der Waals surface area contributed by atoms with Crippen molar-refractivity contribution in [2.45, 2.75) is 51.2 Å². The molecule has 1 saturated carbocycles. The van der Waals surface area contributed by atoms with E-state index in [1.165, 1.54) is 18.6 Å². The van der Waals surface area contributed by atoms with Crippen LogP contribution in [-0.2, 0) is 14.3 Å². The van der Waals surface area contributed by atoms with E-state index in [0.29, 0.717) is 11.5 Å². The summed E-state index contributed by atoms with van der Waals surface area (Å²) >= 11 is 0. The second-order valence-corrected chi connectivity index (χ2v) is 6.28. The topological polar surface area (TPSA) is 81.4 Å². The molecule has 1 fully saturated rings. The number of para-hydroxylation sites is 2. The first-order valence-electron chi connectivity index (χ1n) is 8.66. The Balaban J connectivity index is 1.51. The zero-order chi connectivity index (χ0) is 17.6. The Morgan fingerprint density at radius 3 is 2.80 bits per heavy atom. The molecule has 0 radical (unpaired) electrons. The molecule has 0 bridgehead atoms. The van der Waals surface area contributed by atoms with Crippen molar-refractivity contribution in [1.82, 2.24) is 10.3 Å². The Morgan fingerprint density at radius 2 is 2.04 bits per heavy atom. The van der Waals surface area contributed by atoms with Crippen LogP contribution >= 0.6 is 0 Å². The number of benzene rings is 1. The van der Waals surface area contributed by atoms with Crippen LogP contribution < -0.4 is 5.32 Å². The third-order valence-corrected chi connectivity index (χ3v) is 4.29. The molecule has 1 N–H and O–H groups in total. The Hall–Kier alpha value is -2.63. The Bertz CT molecular complexity index is 742. The molecule has 1 atom stereocenters. The summed E-state index contributed by atoms with van der Waals surface area (Å²) < 4.78 is 10.6. The van der Waals surface area contributed by atoms with E-state index < -0.39 is 12.1 Å². The van der Waals surface area contributed by atoms with Crippen molar-refractivity contribution in [1.29, 1.82) is 0 Å². The molecule has 1 aliphatic carbocycles. The van der Waals surface area contributed by atoms with Crippen LogP contribution in [0.5, 0.6) is 0 Å². The summed E-state index contributed by atoms with van der Waals surface area (Å²) in [4.78, 5) is 28.2. The molecule has 0 unspecified atom stereocenters. The van der Waals surface area contributed by atoms with Gasteiger partial charge in [-0.2, -0.15) is 0 Å². The molecule has 6 nitrogen and oxygen atoms in total. The lowest BCUT2D eigenvalue weighted by Gasteiger charge is -2.24. The molecular weight excluding hydrogens is 320 g/mol. The lowest BCUT2D eigenvalue weighted by molar-refractivity contribution is -0.150. The van der Waals surface area contributed by atoms with Crippen molar-refractivity contribution < 1.29 is 18.7 Å². The molecule has 1 amide bonds. The van der Waals surface area contributed by atoms with Gasteiger partial charge in [0.1, 0.15) is 5.52 Å². The minimum atomic E-state index is -0.831. The van der Waals surface area contributed by atoms with Gasteiger partial charge in [-0.25, -0.2) is 9.78 Å². The van der Waals surface area contributed by atoms with Crippen LogP contribution in [0.15, 0.2) is 34.8 Å². The normalized spacial score (nSPS) is 16.8. The van der Waals surface area contributed by atoms with Gasteiger partial charge in [0, 0.05) is 18.2 Å². The molecule has 2 aromatic rings. The molecule has 25 heavy (non-hydrogen) atoms. The number of carbonyl (C=O) groups excluding carboxylic acids is 2. The van der Waals surface area contributed by atoms with Gasteiger partial charge in [0.25, 0.3) is 5.91 Å². The maximum Gasteiger partial charge on any atom is 0.331 e. The third-order valence-electron chi connectivity index (χ3n) is 4.29. The summed E-state index contributed by atoms with van der Waals surface area (Å²) in [5.41, 5.74) is 1.37. The number of hydrogen-bond acceptors (Lipinski definition) is 5. The molecule has 1 heterocycles. The van der Waals surface area contributed by atoms with Crippen molar-refractivity contribution in [3.63, 3.8) is 0 Å². The highest BCUT2D eigenvalue weighted by Gasteiger charge is 2.21. The van der Waals surface area contributed by atoms with Crippen LogP contribution in [0.25, 0.3) is 17.2 Å². The van der Waals surface area contributed by atoms with Crippen LogP contribution in [0.4, 0.5) is 0 Å². The summed E-state index contributed by atoms with van der Waals surface area (Å²) in [6.45, 7) is 1.57. The molecule has 3 rings (SSSR count). The highest BCUT2D eigenvalue weighted by Crippen LogP contribution is 2.18. The Labute approximate surface area is 146 Å². The number of carbonyl (C=O) groups is 2. The van der Waals surface area contributed by atoms with Gasteiger partial charge in [-0.15, -0.1) is 0 Å². The van der Waals surface area contributed by atoms with Gasteiger partial charge in [0.15, 0.2) is 11.7 Å². The van der Waals surface area contributed by atoms with Crippen LogP contribution in [-0.4, -0.2) is 29.0 Å². The van der Waals surface area contributed by atoms with Gasteiger partial charge in [-0.05, 0) is 31.9 Å². The fourth-order valence-electron chi connectivity index (χ4n) is 2.93. The Morgan fingerprint density at radius 1 is 1.28 bits per heavy atom. The number of nitrogens with zero attached hydrogens (tertiary/aromatic N) is 1. The summed E-state index contributed by atoms with van der Waals surface area (Å²) in [5, 5.41) is 2.94. The van der Waals surface area contributed by atoms with E-state index in [0.717, 1.165) is 31.2 Å². The zero-order valence-corrected chi connectivity index (χ0v) is 14.2. The number of aromatic nitrogens is 1. The smallest absolute Gasteiger partial charge is 0.331 e. The first kappa shape index (κ1) is 17.2. The number of rotatable bonds is 5. The van der Waals surface area contributed by atoms with Crippen LogP contribution in [0.1, 0.15) is 44.9 Å². The third kappa shape index (κ3) is 4.68. The van der Waals surface area contributed by atoms with Gasteiger partial charge in [0.2, 0.25) is 5.89 Å². The van der Waals surface area contributed by atoms with Crippen molar-refractivity contribution in [2.75, 3.05) is 0 Å². The number of nitrogens with one attached hydrogen (secondary N) is 1. The average molecular weight is 342 g/mol. The summed E-state index contributed by atoms with van der Waals surface area (Å²) in [6.07, 6.45) is 7.29. The molecule has 1 aromatic heterocycles. The highest BCUT2D eigenvalue weighted by molar-refractivity contribution is 5.90. The van der Waals surface area contributed by atoms with Crippen molar-refractivity contribution in [2.24, 2.45) is 0 Å². The van der Waals surface area contributed by atoms with E-state index in [1.807, 2.05) is 18.2 Å². The van der Waals surface area contributed by atoms with E-state index in [-0.39, 0.29) is 11.9 Å². The predicted molar refractivity (Wildman–Crippen MR) is 93.6 cm³/mol. The van der Waals surface area contributed by atoms with Crippen molar-refractivity contribution in [3.8, 4) is 0 Å². The average Bonchev–Trinajstić information content (AvgIpc) is 3.04. The number of ether oxygens (including phenoxy) is 1. The van der Waals surface area contributed by atoms with E-state index in [9.17, 15) is 9.59 Å². The number of amides is 1. The monoisotopic (exact) mass is 342 g/mol. The van der Waals surface area contributed by atoms with Gasteiger partial charge in [-0.1, -0.05) is 31.4 Å². The molecule has 0 spiro atoms. The van der Waals surface area contributed by atoms with E-state index in [1.54, 1.807) is 13.0 Å². The van der Waals surface area contributed by atoms with Gasteiger partial charge in [0.05, 0.1) is 0 Å². The van der Waals surface area contributed by atoms with E-state index >= 15 is 0 Å². The van der Waals surface area contributed by atoms with E-state index in [4.69, 9.17) is 9.15 Å². The van der Waals surface area contributed by atoms with Gasteiger partial charge >= 0.3 is 5.97 Å². The first-order valence-corrected chi connectivity index (χ1v) is 8.66. The molecule has 6 heteroatoms. The SMILES string of the molecule is C[C@@H](OC(=O)/C=C/c1nc2ccccc2o1)C(=O)NC1CCCCC1. The van der Waals surface area contributed by atoms with Crippen LogP contribution in [0, 0.1) is 0 Å². The van der Waals surface area contributed by atoms with Crippen molar-refractivity contribution >= 4 is 29.1 Å². The molecule has 0 aliphatic heterocycles. The van der Waals surface area contributed by atoms with Crippen molar-refractivity contribution in [3.05, 3.63) is 36.2 Å². The van der Waals surface area contributed by atoms with Gasteiger partial charge in [-0.3, -0.25) is 4.79 Å². The lowest BCUT2D eigenvalue weighted by atomic mass is 9.95. The standard InChI is InChI=1S/C19H22N2O4/c1-13(19(23)20-14-7-3-2-4-8-14)24-18(22)12-11-17-21-15-9-5-6-10-16(15)25-17/h5-6,9-14H,2-4,7-8H2,1H3,(H,20,23)/b12-11+/t13-/m1/s1. The molecule has 132 valence electrons. The summed E-state index contributed by atoms with van der Waals surface area (Å²) in [6, 6.07) is 7.53. The fourth-order valence-corrected chi connectivity index (χ4v) is 2.93. The van der Waals surface area contributed by atoms with Crippen LogP contribution in [0.3, 0.4) is 0 Å². The second-order valence-electron chi connectivity index (χ2n) is 6.28. The maximum absolute atomic E-state index is 12.1. The minimum Gasteiger partial charge on any atom is -0.449 e. The quantitative estimate of drug-likeness (QED) is 0.666. The number of hydrogen-bond donors (Lipinski definition) is 1. The molecule has 0 saturated heterocycles. The predicted octanol–water partition coefficient (Wildman–Crippen LogP) is 3.22. The lowest BCUT2D eigenvalue weighted by Crippen LogP contribution is -2.42. The Kier molecular flexibility index (Phi) is 5.48. The second kappa shape index (κ2) is 7.96. The largest absolute Gasteiger partial charge is 0.449 e. The summed E-state index contributed by atoms with van der Waals surface area (Å²) in [5.74, 6) is -0.540. The minimum absolute atomic E-state index is 0.192. The van der Waals surface area contributed by atoms with E-state index in [2.05, 4.69) is 10.3 Å². The number of oxazole rings is 1. The molecule has 1 aromatic carbocycles. The van der Waals surface area contributed by atoms with Crippen LogP contribution in [0.2, 0.25) is 0 Å². The van der Waals surface area contributed by atoms with Gasteiger partial charge < -0.3 is 14.5 Å². The fraction of sp³-hybridized carbons (Fsp3) is 0.421. The maximum atomic E-state index is 12.1. The number of esters is 1. The number of fused-ring (bicyclic) bond motifs is 1. The summed E-state index contributed by atoms with van der Waals surface area (Å²) in [7, 11) is 0. The zero-order valence-electron chi connectivity index (χ0n) is 14.2. The molecule has 1 aliphatic rings.